The van der Waals surface area contributed by atoms with Crippen LogP contribution in [0.3, 0.4) is 0 Å². The largest absolute Gasteiger partial charge is 0.419 e. The fourth-order valence-electron chi connectivity index (χ4n) is 1.59. The average molecular weight is 365 g/mol. The highest BCUT2D eigenvalue weighted by atomic mass is 35.5. The van der Waals surface area contributed by atoms with Gasteiger partial charge >= 0.3 is 12.2 Å². The molecule has 0 saturated heterocycles. The number of alkyl halides is 3. The van der Waals surface area contributed by atoms with E-state index in [-0.39, 0.29) is 15.1 Å². The van der Waals surface area contributed by atoms with Crippen molar-refractivity contribution >= 4 is 29.4 Å². The second-order valence-corrected chi connectivity index (χ2v) is 5.86. The Labute approximate surface area is 139 Å². The third-order valence-corrected chi connectivity index (χ3v) is 4.31. The quantitative estimate of drug-likeness (QED) is 0.825. The van der Waals surface area contributed by atoms with Gasteiger partial charge in [0.05, 0.1) is 16.8 Å². The van der Waals surface area contributed by atoms with Crippen molar-refractivity contribution in [1.82, 2.24) is 19.7 Å². The molecule has 10 heteroatoms. The van der Waals surface area contributed by atoms with Gasteiger partial charge in [-0.25, -0.2) is 9.78 Å². The van der Waals surface area contributed by atoms with Gasteiger partial charge in [-0.3, -0.25) is 0 Å². The van der Waals surface area contributed by atoms with Crippen LogP contribution in [-0.4, -0.2) is 39.3 Å². The van der Waals surface area contributed by atoms with Crippen molar-refractivity contribution in [1.29, 1.82) is 0 Å². The number of nitrogens with zero attached hydrogens (tertiary/aromatic N) is 4. The molecule has 0 bridgehead atoms. The Balaban J connectivity index is 2.32. The number of hydrogen-bond donors (Lipinski definition) is 0. The minimum atomic E-state index is -4.54. The maximum Gasteiger partial charge on any atom is 0.419 e. The first-order valence-electron chi connectivity index (χ1n) is 6.44. The van der Waals surface area contributed by atoms with Crippen LogP contribution in [-0.2, 0) is 6.18 Å². The molecule has 1 amide bonds. The lowest BCUT2D eigenvalue weighted by Gasteiger charge is -2.13. The van der Waals surface area contributed by atoms with E-state index in [4.69, 9.17) is 11.6 Å². The van der Waals surface area contributed by atoms with Gasteiger partial charge in [0.15, 0.2) is 0 Å². The zero-order valence-electron chi connectivity index (χ0n) is 12.1. The maximum absolute atomic E-state index is 13.0. The second-order valence-electron chi connectivity index (χ2n) is 4.48. The predicted octanol–water partition coefficient (Wildman–Crippen LogP) is 4.02. The zero-order chi connectivity index (χ0) is 17.2. The molecule has 0 atom stereocenters. The number of aromatic nitrogens is 3. The van der Waals surface area contributed by atoms with Crippen LogP contribution in [0, 0.1) is 0 Å². The van der Waals surface area contributed by atoms with Crippen LogP contribution in [0.1, 0.15) is 12.5 Å². The van der Waals surface area contributed by atoms with Gasteiger partial charge in [-0.05, 0) is 30.8 Å². The van der Waals surface area contributed by atoms with Gasteiger partial charge in [-0.2, -0.15) is 23.0 Å². The number of carbonyl (C=O) groups excluding carboxylic acids is 1. The highest BCUT2D eigenvalue weighted by Crippen LogP contribution is 2.39. The van der Waals surface area contributed by atoms with E-state index in [1.807, 2.05) is 0 Å². The van der Waals surface area contributed by atoms with Gasteiger partial charge in [-0.15, -0.1) is 0 Å². The summed E-state index contributed by atoms with van der Waals surface area (Å²) in [5.74, 6) is 0. The lowest BCUT2D eigenvalue weighted by Crippen LogP contribution is -2.31. The Hall–Kier alpha value is -1.74. The lowest BCUT2D eigenvalue weighted by atomic mass is 10.3. The molecule has 0 unspecified atom stereocenters. The van der Waals surface area contributed by atoms with Gasteiger partial charge in [0.2, 0.25) is 0 Å². The number of carbonyl (C=O) groups is 1. The summed E-state index contributed by atoms with van der Waals surface area (Å²) in [6.45, 7) is 2.24. The summed E-state index contributed by atoms with van der Waals surface area (Å²) in [4.78, 5) is 17.1. The summed E-state index contributed by atoms with van der Waals surface area (Å²) in [6.07, 6.45) is -2.03. The highest BCUT2D eigenvalue weighted by molar-refractivity contribution is 7.99. The number of amides is 1. The molecule has 0 aliphatic heterocycles. The zero-order valence-corrected chi connectivity index (χ0v) is 13.7. The third-order valence-electron chi connectivity index (χ3n) is 2.91. The summed E-state index contributed by atoms with van der Waals surface area (Å²) in [5, 5.41) is 3.82. The Morgan fingerprint density at radius 3 is 2.74 bits per heavy atom. The molecule has 0 saturated carbocycles. The molecule has 2 aromatic heterocycles. The summed E-state index contributed by atoms with van der Waals surface area (Å²) in [7, 11) is 1.57. The van der Waals surface area contributed by atoms with Crippen molar-refractivity contribution in [3.8, 4) is 0 Å². The number of hydrogen-bond acceptors (Lipinski definition) is 4. The smallest absolute Gasteiger partial charge is 0.326 e. The van der Waals surface area contributed by atoms with Crippen LogP contribution in [0.5, 0.6) is 0 Å². The molecule has 0 aliphatic carbocycles. The molecule has 0 aliphatic rings. The first-order chi connectivity index (χ1) is 10.7. The molecule has 23 heavy (non-hydrogen) atoms. The number of rotatable bonds is 3. The Bertz CT molecular complexity index is 719. The van der Waals surface area contributed by atoms with Crippen LogP contribution in [0.2, 0.25) is 5.02 Å². The molecule has 2 heterocycles. The SMILES string of the molecule is CCN(C)C(=O)n1cc(Cl)c(Sc2ncccc2C(F)(F)F)n1. The van der Waals surface area contributed by atoms with E-state index in [0.717, 1.165) is 10.7 Å². The van der Waals surface area contributed by atoms with Crippen LogP contribution >= 0.6 is 23.4 Å². The van der Waals surface area contributed by atoms with Gasteiger partial charge in [0, 0.05) is 19.8 Å². The lowest BCUT2D eigenvalue weighted by molar-refractivity contribution is -0.140. The van der Waals surface area contributed by atoms with Crippen molar-refractivity contribution in [2.75, 3.05) is 13.6 Å². The van der Waals surface area contributed by atoms with Crippen LogP contribution in [0.15, 0.2) is 34.6 Å². The molecule has 0 fully saturated rings. The summed E-state index contributed by atoms with van der Waals surface area (Å²) >= 11 is 6.63. The maximum atomic E-state index is 13.0. The Morgan fingerprint density at radius 1 is 1.43 bits per heavy atom. The summed E-state index contributed by atoms with van der Waals surface area (Å²) < 4.78 is 39.9. The Kier molecular flexibility index (Phi) is 5.20. The third kappa shape index (κ3) is 3.97. The molecule has 0 N–H and O–H groups in total. The van der Waals surface area contributed by atoms with Gasteiger partial charge in [0.1, 0.15) is 10.1 Å². The number of halogens is 4. The van der Waals surface area contributed by atoms with Crippen molar-refractivity contribution in [2.45, 2.75) is 23.2 Å². The molecule has 2 rings (SSSR count). The molecule has 2 aromatic rings. The van der Waals surface area contributed by atoms with Crippen molar-refractivity contribution < 1.29 is 18.0 Å². The van der Waals surface area contributed by atoms with Crippen molar-refractivity contribution in [3.63, 3.8) is 0 Å². The average Bonchev–Trinajstić information content (AvgIpc) is 2.86. The van der Waals surface area contributed by atoms with Crippen LogP contribution < -0.4 is 0 Å². The van der Waals surface area contributed by atoms with E-state index in [1.165, 1.54) is 23.4 Å². The molecule has 0 aromatic carbocycles. The first-order valence-corrected chi connectivity index (χ1v) is 7.64. The highest BCUT2D eigenvalue weighted by Gasteiger charge is 2.34. The van der Waals surface area contributed by atoms with E-state index < -0.39 is 17.8 Å². The van der Waals surface area contributed by atoms with Gasteiger partial charge in [0.25, 0.3) is 0 Å². The van der Waals surface area contributed by atoms with Crippen molar-refractivity contribution in [3.05, 3.63) is 35.1 Å². The fourth-order valence-corrected chi connectivity index (χ4v) is 2.71. The van der Waals surface area contributed by atoms with Crippen LogP contribution in [0.25, 0.3) is 0 Å². The molecular formula is C13H12ClF3N4OS. The van der Waals surface area contributed by atoms with E-state index in [1.54, 1.807) is 14.0 Å². The predicted molar refractivity (Wildman–Crippen MR) is 79.7 cm³/mol. The first kappa shape index (κ1) is 17.6. The summed E-state index contributed by atoms with van der Waals surface area (Å²) in [6, 6.07) is 1.70. The number of pyridine rings is 1. The van der Waals surface area contributed by atoms with E-state index in [9.17, 15) is 18.0 Å². The van der Waals surface area contributed by atoms with Gasteiger partial charge < -0.3 is 4.90 Å². The molecule has 124 valence electrons. The fraction of sp³-hybridized carbons (Fsp3) is 0.308. The second kappa shape index (κ2) is 6.79. The Morgan fingerprint density at radius 2 is 2.13 bits per heavy atom. The minimum Gasteiger partial charge on any atom is -0.326 e. The molecule has 5 nitrogen and oxygen atoms in total. The molecule has 0 radical (unpaired) electrons. The topological polar surface area (TPSA) is 51.0 Å². The van der Waals surface area contributed by atoms with E-state index >= 15 is 0 Å². The van der Waals surface area contributed by atoms with Crippen molar-refractivity contribution in [2.24, 2.45) is 0 Å². The normalized spacial score (nSPS) is 11.6. The van der Waals surface area contributed by atoms with E-state index in [0.29, 0.717) is 18.3 Å². The van der Waals surface area contributed by atoms with Gasteiger partial charge in [-0.1, -0.05) is 11.6 Å². The van der Waals surface area contributed by atoms with Crippen LogP contribution in [0.4, 0.5) is 18.0 Å². The monoisotopic (exact) mass is 364 g/mol. The summed E-state index contributed by atoms with van der Waals surface area (Å²) in [5.41, 5.74) is -0.882. The van der Waals surface area contributed by atoms with E-state index in [2.05, 4.69) is 10.1 Å². The minimum absolute atomic E-state index is 0.0756. The molecular weight excluding hydrogens is 353 g/mol. The standard InChI is InChI=1S/C13H12ClF3N4OS/c1-3-20(2)12(22)21-7-9(14)11(19-21)23-10-8(13(15,16)17)5-4-6-18-10/h4-7H,3H2,1-2H3. The molecule has 0 spiro atoms.